The number of nitrogens with zero attached hydrogens (tertiary/aromatic N) is 3. The van der Waals surface area contributed by atoms with Gasteiger partial charge in [-0.1, -0.05) is 11.6 Å². The number of nitrogens with one attached hydrogen (secondary N) is 3. The molecule has 0 aromatic carbocycles. The molecule has 0 unspecified atom stereocenters. The fourth-order valence-electron chi connectivity index (χ4n) is 2.28. The first-order valence-corrected chi connectivity index (χ1v) is 8.84. The van der Waals surface area contributed by atoms with E-state index in [0.717, 1.165) is 22.9 Å². The topological polar surface area (TPSA) is 95.6 Å². The maximum Gasteiger partial charge on any atom is 0.401 e. The number of halogens is 4. The lowest BCUT2D eigenvalue weighted by Crippen LogP contribution is -2.32. The number of hydrogen-bond acceptors (Lipinski definition) is 6. The maximum absolute atomic E-state index is 11.0. The number of carbonyl (C=O) groups is 1. The number of alkyl halides is 3. The highest BCUT2D eigenvalue weighted by molar-refractivity contribution is 6.31. The third-order valence-electron chi connectivity index (χ3n) is 3.52. The Morgan fingerprint density at radius 2 is 2.00 bits per heavy atom. The van der Waals surface area contributed by atoms with Gasteiger partial charge in [-0.15, -0.1) is 0 Å². The summed E-state index contributed by atoms with van der Waals surface area (Å²) in [6.07, 6.45) is 1.79. The molecular weight excluding hydrogens is 409 g/mol. The molecule has 29 heavy (non-hydrogen) atoms. The summed E-state index contributed by atoms with van der Waals surface area (Å²) >= 11 is 6.00. The number of aldehydes is 1. The van der Waals surface area contributed by atoms with E-state index in [-0.39, 0.29) is 0 Å². The van der Waals surface area contributed by atoms with Crippen LogP contribution in [0.4, 0.5) is 19.0 Å². The molecule has 3 N–H and O–H groups in total. The number of H-pyrrole nitrogens is 1. The first-order chi connectivity index (χ1) is 13.5. The van der Waals surface area contributed by atoms with Gasteiger partial charge in [0, 0.05) is 29.5 Å². The molecule has 0 bridgehead atoms. The van der Waals surface area contributed by atoms with Gasteiger partial charge in [0.25, 0.3) is 0 Å². The minimum absolute atomic E-state index is 0.530. The average Bonchev–Trinajstić information content (AvgIpc) is 3.04. The van der Waals surface area contributed by atoms with Crippen molar-refractivity contribution >= 4 is 34.7 Å². The Bertz CT molecular complexity index is 974. The van der Waals surface area contributed by atoms with Crippen molar-refractivity contribution < 1.29 is 18.0 Å². The molecule has 3 aromatic heterocycles. The van der Waals surface area contributed by atoms with Crippen LogP contribution in [0.2, 0.25) is 5.02 Å². The molecule has 0 fully saturated rings. The number of aromatic nitrogens is 4. The van der Waals surface area contributed by atoms with Crippen LogP contribution in [0.3, 0.4) is 0 Å². The monoisotopic (exact) mass is 428 g/mol. The van der Waals surface area contributed by atoms with E-state index in [0.29, 0.717) is 16.7 Å². The number of anilines is 1. The Balaban J connectivity index is 0.000000370. The van der Waals surface area contributed by atoms with Crippen LogP contribution in [0.15, 0.2) is 30.7 Å². The van der Waals surface area contributed by atoms with E-state index < -0.39 is 18.3 Å². The van der Waals surface area contributed by atoms with Gasteiger partial charge in [0.05, 0.1) is 17.1 Å². The molecule has 0 atom stereocenters. The zero-order valence-corrected chi connectivity index (χ0v) is 16.7. The van der Waals surface area contributed by atoms with Gasteiger partial charge in [-0.3, -0.25) is 0 Å². The number of hydrogen-bond donors (Lipinski definition) is 3. The standard InChI is InChI=1S/C15H14ClN5O.C3H6F3N/c1-15(2,8-22)21-12-3-4-17-14(20-12)11-7-19-13-10(11)5-9(16)6-18-13;1-7-2-3(4,5)6/h3-8H,1-2H3,(H,18,19)(H,17,20,21);7H,2H2,1H3. The molecule has 0 aliphatic carbocycles. The van der Waals surface area contributed by atoms with Crippen molar-refractivity contribution in [2.75, 3.05) is 18.9 Å². The Kier molecular flexibility index (Phi) is 7.15. The van der Waals surface area contributed by atoms with Crippen molar-refractivity contribution in [1.82, 2.24) is 25.3 Å². The fraction of sp³-hybridized carbons (Fsp3) is 0.333. The zero-order valence-electron chi connectivity index (χ0n) is 15.9. The van der Waals surface area contributed by atoms with Crippen LogP contribution in [0.25, 0.3) is 22.4 Å². The minimum atomic E-state index is -4.06. The minimum Gasteiger partial charge on any atom is -0.358 e. The Morgan fingerprint density at radius 3 is 2.59 bits per heavy atom. The van der Waals surface area contributed by atoms with Gasteiger partial charge in [-0.2, -0.15) is 13.2 Å². The largest absolute Gasteiger partial charge is 0.401 e. The second kappa shape index (κ2) is 9.19. The maximum atomic E-state index is 11.0. The molecule has 0 radical (unpaired) electrons. The predicted molar refractivity (Wildman–Crippen MR) is 106 cm³/mol. The summed E-state index contributed by atoms with van der Waals surface area (Å²) in [5.74, 6) is 1.11. The van der Waals surface area contributed by atoms with Crippen LogP contribution in [0, 0.1) is 0 Å². The van der Waals surface area contributed by atoms with E-state index in [1.54, 1.807) is 38.5 Å². The first kappa shape index (κ1) is 22.6. The smallest absolute Gasteiger partial charge is 0.358 e. The van der Waals surface area contributed by atoms with Crippen molar-refractivity contribution in [3.8, 4) is 11.4 Å². The number of fused-ring (bicyclic) bond motifs is 1. The van der Waals surface area contributed by atoms with Crippen molar-refractivity contribution in [3.05, 3.63) is 35.7 Å². The number of carbonyl (C=O) groups excluding carboxylic acids is 1. The Labute approximate surface area is 170 Å². The first-order valence-electron chi connectivity index (χ1n) is 8.46. The van der Waals surface area contributed by atoms with Gasteiger partial charge >= 0.3 is 6.18 Å². The molecule has 7 nitrogen and oxygen atoms in total. The van der Waals surface area contributed by atoms with E-state index >= 15 is 0 Å². The molecule has 3 rings (SSSR count). The zero-order chi connectivity index (χ0) is 21.7. The number of rotatable bonds is 5. The van der Waals surface area contributed by atoms with Crippen LogP contribution < -0.4 is 10.6 Å². The van der Waals surface area contributed by atoms with Crippen molar-refractivity contribution in [2.24, 2.45) is 0 Å². The van der Waals surface area contributed by atoms with Gasteiger partial charge in [-0.25, -0.2) is 15.0 Å². The molecule has 3 aromatic rings. The van der Waals surface area contributed by atoms with Gasteiger partial charge in [0.2, 0.25) is 0 Å². The number of aromatic amines is 1. The molecule has 156 valence electrons. The molecule has 3 heterocycles. The summed E-state index contributed by atoms with van der Waals surface area (Å²) in [5, 5.41) is 6.43. The van der Waals surface area contributed by atoms with Gasteiger partial charge in [-0.05, 0) is 33.0 Å². The quantitative estimate of drug-likeness (QED) is 0.534. The van der Waals surface area contributed by atoms with E-state index in [4.69, 9.17) is 11.6 Å². The molecule has 0 saturated carbocycles. The molecular formula is C18H20ClF3N6O. The summed E-state index contributed by atoms with van der Waals surface area (Å²) in [5.41, 5.74) is 0.823. The predicted octanol–water partition coefficient (Wildman–Crippen LogP) is 3.83. The Morgan fingerprint density at radius 1 is 1.28 bits per heavy atom. The SMILES string of the molecule is CC(C)(C=O)Nc1ccnc(-c2c[nH]c3ncc(Cl)cc23)n1.CNCC(F)(F)F. The second-order valence-corrected chi connectivity index (χ2v) is 7.06. The lowest BCUT2D eigenvalue weighted by Gasteiger charge is -2.19. The lowest BCUT2D eigenvalue weighted by molar-refractivity contribution is -0.123. The molecule has 0 spiro atoms. The summed E-state index contributed by atoms with van der Waals surface area (Å²) in [4.78, 5) is 27.0. The van der Waals surface area contributed by atoms with E-state index in [1.807, 2.05) is 11.4 Å². The Hall–Kier alpha value is -2.72. The molecule has 0 amide bonds. The molecule has 0 aliphatic rings. The van der Waals surface area contributed by atoms with Crippen LogP contribution in [0.5, 0.6) is 0 Å². The van der Waals surface area contributed by atoms with Gasteiger partial charge < -0.3 is 20.4 Å². The van der Waals surface area contributed by atoms with E-state index in [1.165, 1.54) is 7.05 Å². The molecule has 0 saturated heterocycles. The van der Waals surface area contributed by atoms with Crippen LogP contribution in [-0.2, 0) is 4.79 Å². The van der Waals surface area contributed by atoms with Crippen LogP contribution in [0.1, 0.15) is 13.8 Å². The van der Waals surface area contributed by atoms with Crippen molar-refractivity contribution in [3.63, 3.8) is 0 Å². The summed E-state index contributed by atoms with van der Waals surface area (Å²) in [6, 6.07) is 3.53. The highest BCUT2D eigenvalue weighted by Gasteiger charge is 2.25. The van der Waals surface area contributed by atoms with Crippen molar-refractivity contribution in [1.29, 1.82) is 0 Å². The summed E-state index contributed by atoms with van der Waals surface area (Å²) in [6.45, 7) is 2.64. The van der Waals surface area contributed by atoms with Crippen LogP contribution >= 0.6 is 11.6 Å². The second-order valence-electron chi connectivity index (χ2n) is 6.63. The van der Waals surface area contributed by atoms with E-state index in [9.17, 15) is 18.0 Å². The third kappa shape index (κ3) is 6.68. The number of pyridine rings is 1. The highest BCUT2D eigenvalue weighted by Crippen LogP contribution is 2.27. The fourth-order valence-corrected chi connectivity index (χ4v) is 2.44. The van der Waals surface area contributed by atoms with Crippen LogP contribution in [-0.4, -0.2) is 51.5 Å². The molecule has 11 heteroatoms. The highest BCUT2D eigenvalue weighted by atomic mass is 35.5. The lowest BCUT2D eigenvalue weighted by atomic mass is 10.1. The summed E-state index contributed by atoms with van der Waals surface area (Å²) in [7, 11) is 1.26. The van der Waals surface area contributed by atoms with E-state index in [2.05, 4.69) is 25.3 Å². The normalized spacial score (nSPS) is 11.7. The molecule has 0 aliphatic heterocycles. The average molecular weight is 429 g/mol. The van der Waals surface area contributed by atoms with Crippen molar-refractivity contribution in [2.45, 2.75) is 25.6 Å². The third-order valence-corrected chi connectivity index (χ3v) is 3.72. The van der Waals surface area contributed by atoms with Gasteiger partial charge in [0.1, 0.15) is 17.8 Å². The summed E-state index contributed by atoms with van der Waals surface area (Å²) < 4.78 is 33.0. The van der Waals surface area contributed by atoms with Gasteiger partial charge in [0.15, 0.2) is 5.82 Å².